The summed E-state index contributed by atoms with van der Waals surface area (Å²) in [5.41, 5.74) is 0.909. The molecule has 0 saturated heterocycles. The van der Waals surface area contributed by atoms with E-state index in [0.29, 0.717) is 16.1 Å². The predicted octanol–water partition coefficient (Wildman–Crippen LogP) is 4.17. The molecule has 100 valence electrons. The van der Waals surface area contributed by atoms with E-state index in [4.69, 9.17) is 11.6 Å². The molecule has 6 heteroatoms. The number of hydrogen-bond acceptors (Lipinski definition) is 3. The van der Waals surface area contributed by atoms with Gasteiger partial charge >= 0.3 is 4.87 Å². The molecule has 0 saturated carbocycles. The molecule has 0 bridgehead atoms. The zero-order valence-electron chi connectivity index (χ0n) is 9.97. The van der Waals surface area contributed by atoms with E-state index in [1.165, 1.54) is 0 Å². The standard InChI is InChI=1S/C14H7BrClNO2S/c15-8-5-6-11-12(7-8)20-14(19)17(11)13(18)9-3-1-2-4-10(9)16/h1-7H. The molecule has 1 heterocycles. The second kappa shape index (κ2) is 5.16. The molecule has 2 aromatic carbocycles. The van der Waals surface area contributed by atoms with E-state index in [9.17, 15) is 9.59 Å². The van der Waals surface area contributed by atoms with Crippen molar-refractivity contribution in [1.29, 1.82) is 0 Å². The Balaban J connectivity index is 2.25. The van der Waals surface area contributed by atoms with Crippen LogP contribution >= 0.6 is 38.9 Å². The summed E-state index contributed by atoms with van der Waals surface area (Å²) < 4.78 is 2.78. The molecule has 3 rings (SSSR count). The number of nitrogens with zero attached hydrogens (tertiary/aromatic N) is 1. The Bertz CT molecular complexity index is 884. The molecule has 3 aromatic rings. The van der Waals surface area contributed by atoms with Gasteiger partial charge in [-0.3, -0.25) is 9.59 Å². The Hall–Kier alpha value is -1.43. The number of benzene rings is 2. The first-order valence-electron chi connectivity index (χ1n) is 5.68. The van der Waals surface area contributed by atoms with Crippen LogP contribution in [0.1, 0.15) is 10.4 Å². The second-order valence-electron chi connectivity index (χ2n) is 4.10. The van der Waals surface area contributed by atoms with Gasteiger partial charge in [-0.05, 0) is 30.3 Å². The van der Waals surface area contributed by atoms with Crippen LogP contribution in [0.25, 0.3) is 10.2 Å². The molecular formula is C14H7BrClNO2S. The van der Waals surface area contributed by atoms with Gasteiger partial charge in [0.1, 0.15) is 0 Å². The summed E-state index contributed by atoms with van der Waals surface area (Å²) >= 11 is 10.4. The number of hydrogen-bond donors (Lipinski definition) is 0. The highest BCUT2D eigenvalue weighted by Crippen LogP contribution is 2.24. The van der Waals surface area contributed by atoms with Crippen molar-refractivity contribution in [3.63, 3.8) is 0 Å². The quantitative estimate of drug-likeness (QED) is 0.647. The van der Waals surface area contributed by atoms with Crippen LogP contribution in [-0.2, 0) is 0 Å². The first-order chi connectivity index (χ1) is 9.58. The molecule has 0 radical (unpaired) electrons. The Kier molecular flexibility index (Phi) is 3.50. The number of thiazole rings is 1. The summed E-state index contributed by atoms with van der Waals surface area (Å²) in [5.74, 6) is -0.408. The third-order valence-corrected chi connectivity index (χ3v) is 4.58. The fourth-order valence-electron chi connectivity index (χ4n) is 1.94. The third kappa shape index (κ3) is 2.22. The molecule has 3 nitrogen and oxygen atoms in total. The van der Waals surface area contributed by atoms with Crippen LogP contribution in [0.4, 0.5) is 0 Å². The highest BCUT2D eigenvalue weighted by atomic mass is 79.9. The minimum Gasteiger partial charge on any atom is -0.268 e. The molecule has 0 unspecified atom stereocenters. The molecule has 0 atom stereocenters. The van der Waals surface area contributed by atoms with Crippen molar-refractivity contribution in [2.24, 2.45) is 0 Å². The molecular weight excluding hydrogens is 362 g/mol. The lowest BCUT2D eigenvalue weighted by atomic mass is 10.2. The summed E-state index contributed by atoms with van der Waals surface area (Å²) in [6, 6.07) is 12.1. The predicted molar refractivity (Wildman–Crippen MR) is 85.0 cm³/mol. The zero-order chi connectivity index (χ0) is 14.3. The van der Waals surface area contributed by atoms with Gasteiger partial charge in [-0.2, -0.15) is 0 Å². The second-order valence-corrected chi connectivity index (χ2v) is 6.42. The molecule has 0 N–H and O–H groups in total. The number of aromatic nitrogens is 1. The normalized spacial score (nSPS) is 10.9. The first-order valence-corrected chi connectivity index (χ1v) is 7.67. The van der Waals surface area contributed by atoms with E-state index >= 15 is 0 Å². The van der Waals surface area contributed by atoms with Crippen molar-refractivity contribution in [2.45, 2.75) is 0 Å². The lowest BCUT2D eigenvalue weighted by Gasteiger charge is -2.04. The van der Waals surface area contributed by atoms with Crippen LogP contribution < -0.4 is 4.87 Å². The molecule has 0 fully saturated rings. The van der Waals surface area contributed by atoms with Gasteiger partial charge in [-0.15, -0.1) is 0 Å². The number of carbonyl (C=O) groups is 1. The van der Waals surface area contributed by atoms with Gasteiger partial charge in [0.2, 0.25) is 0 Å². The van der Waals surface area contributed by atoms with Crippen LogP contribution in [0.5, 0.6) is 0 Å². The minimum absolute atomic E-state index is 0.317. The van der Waals surface area contributed by atoms with E-state index in [0.717, 1.165) is 25.1 Å². The molecule has 20 heavy (non-hydrogen) atoms. The van der Waals surface area contributed by atoms with Crippen molar-refractivity contribution >= 4 is 55.0 Å². The number of halogens is 2. The average Bonchev–Trinajstić information content (AvgIpc) is 2.73. The Morgan fingerprint density at radius 1 is 1.20 bits per heavy atom. The molecule has 0 amide bonds. The number of rotatable bonds is 1. The van der Waals surface area contributed by atoms with E-state index in [-0.39, 0.29) is 4.87 Å². The number of fused-ring (bicyclic) bond motifs is 1. The fraction of sp³-hybridized carbons (Fsp3) is 0. The lowest BCUT2D eigenvalue weighted by molar-refractivity contribution is 0.0963. The summed E-state index contributed by atoms with van der Waals surface area (Å²) in [5, 5.41) is 0.334. The highest BCUT2D eigenvalue weighted by molar-refractivity contribution is 9.10. The topological polar surface area (TPSA) is 39.1 Å². The minimum atomic E-state index is -0.408. The maximum atomic E-state index is 12.5. The number of carbonyl (C=O) groups excluding carboxylic acids is 1. The molecule has 0 aliphatic carbocycles. The van der Waals surface area contributed by atoms with Crippen molar-refractivity contribution in [2.75, 3.05) is 0 Å². The largest absolute Gasteiger partial charge is 0.315 e. The smallest absolute Gasteiger partial charge is 0.268 e. The SMILES string of the molecule is O=C(c1ccccc1Cl)n1c(=O)sc2cc(Br)ccc21. The summed E-state index contributed by atoms with van der Waals surface area (Å²) in [7, 11) is 0. The summed E-state index contributed by atoms with van der Waals surface area (Å²) in [6.07, 6.45) is 0. The first kappa shape index (κ1) is 13.5. The molecule has 0 aliphatic rings. The van der Waals surface area contributed by atoms with Crippen molar-refractivity contribution in [1.82, 2.24) is 4.57 Å². The lowest BCUT2D eigenvalue weighted by Crippen LogP contribution is -2.22. The Morgan fingerprint density at radius 2 is 1.95 bits per heavy atom. The summed E-state index contributed by atoms with van der Waals surface area (Å²) in [6.45, 7) is 0. The zero-order valence-corrected chi connectivity index (χ0v) is 13.1. The Labute approximate surface area is 131 Å². The third-order valence-electron chi connectivity index (χ3n) is 2.85. The average molecular weight is 369 g/mol. The molecule has 1 aromatic heterocycles. The Morgan fingerprint density at radius 3 is 2.70 bits per heavy atom. The van der Waals surface area contributed by atoms with Gasteiger partial charge in [0.15, 0.2) is 0 Å². The van der Waals surface area contributed by atoms with Gasteiger partial charge in [-0.25, -0.2) is 4.57 Å². The highest BCUT2D eigenvalue weighted by Gasteiger charge is 2.18. The molecule has 0 spiro atoms. The van der Waals surface area contributed by atoms with Crippen LogP contribution in [-0.4, -0.2) is 10.5 Å². The maximum absolute atomic E-state index is 12.5. The van der Waals surface area contributed by atoms with E-state index in [1.54, 1.807) is 36.4 Å². The monoisotopic (exact) mass is 367 g/mol. The van der Waals surface area contributed by atoms with Gasteiger partial charge in [0.25, 0.3) is 5.91 Å². The van der Waals surface area contributed by atoms with Crippen molar-refractivity contribution in [3.8, 4) is 0 Å². The van der Waals surface area contributed by atoms with Crippen LogP contribution in [0.2, 0.25) is 5.02 Å². The van der Waals surface area contributed by atoms with Gasteiger partial charge in [0, 0.05) is 4.47 Å². The van der Waals surface area contributed by atoms with Gasteiger partial charge < -0.3 is 0 Å². The van der Waals surface area contributed by atoms with Gasteiger partial charge in [0.05, 0.1) is 20.8 Å². The maximum Gasteiger partial charge on any atom is 0.315 e. The molecule has 0 aliphatic heterocycles. The van der Waals surface area contributed by atoms with Crippen molar-refractivity contribution < 1.29 is 4.79 Å². The van der Waals surface area contributed by atoms with E-state index in [1.807, 2.05) is 6.07 Å². The van der Waals surface area contributed by atoms with Crippen molar-refractivity contribution in [3.05, 3.63) is 67.2 Å². The fourth-order valence-corrected chi connectivity index (χ4v) is 3.58. The van der Waals surface area contributed by atoms with Crippen LogP contribution in [0.3, 0.4) is 0 Å². The van der Waals surface area contributed by atoms with Crippen LogP contribution in [0, 0.1) is 0 Å². The van der Waals surface area contributed by atoms with Crippen LogP contribution in [0.15, 0.2) is 51.7 Å². The van der Waals surface area contributed by atoms with Gasteiger partial charge in [-0.1, -0.05) is 51.0 Å². The van der Waals surface area contributed by atoms with E-state index in [2.05, 4.69) is 15.9 Å². The van der Waals surface area contributed by atoms with E-state index < -0.39 is 5.91 Å². The summed E-state index contributed by atoms with van der Waals surface area (Å²) in [4.78, 5) is 24.3.